The van der Waals surface area contributed by atoms with Gasteiger partial charge in [-0.15, -0.1) is 0 Å². The number of hydrogen-bond acceptors (Lipinski definition) is 2. The van der Waals surface area contributed by atoms with Gasteiger partial charge in [-0.25, -0.2) is 0 Å². The van der Waals surface area contributed by atoms with Gasteiger partial charge in [-0.1, -0.05) is 30.3 Å². The van der Waals surface area contributed by atoms with Crippen molar-refractivity contribution >= 4 is 11.0 Å². The number of ether oxygens (including phenoxy) is 1. The van der Waals surface area contributed by atoms with Crippen LogP contribution in [-0.4, -0.2) is 13.7 Å². The monoisotopic (exact) mass is 317 g/mol. The van der Waals surface area contributed by atoms with Gasteiger partial charge in [-0.05, 0) is 23.8 Å². The molecule has 3 aromatic rings. The standard InChI is InChI=1S/C18H19NO2.ClH/c1-20-14-6-4-5-13(11-14)12-18-16(9-10-19)15-7-2-3-8-17(15)21-18;/h2-8,11H,9-10,12,19H2,1H3;1H. The Kier molecular flexibility index (Phi) is 5.47. The summed E-state index contributed by atoms with van der Waals surface area (Å²) in [5.74, 6) is 1.91. The topological polar surface area (TPSA) is 50.0 Å². The number of para-hydroxylation sites is 1. The average Bonchev–Trinajstić information content (AvgIpc) is 2.86. The Bertz CT molecular complexity index is 752. The third-order valence-corrected chi connectivity index (χ3v) is 3.71. The molecule has 22 heavy (non-hydrogen) atoms. The van der Waals surface area contributed by atoms with Crippen molar-refractivity contribution in [2.24, 2.45) is 0 Å². The number of furan rings is 1. The van der Waals surface area contributed by atoms with Gasteiger partial charge in [0, 0.05) is 23.8 Å². The van der Waals surface area contributed by atoms with E-state index in [2.05, 4.69) is 30.0 Å². The minimum Gasteiger partial charge on any atom is -1.00 e. The fourth-order valence-electron chi connectivity index (χ4n) is 2.71. The SMILES string of the molecule is COc1cccc(Cc2oc3ccccc3c2CC[NH3+])c1.[Cl-]. The van der Waals surface area contributed by atoms with E-state index in [1.165, 1.54) is 16.5 Å². The van der Waals surface area contributed by atoms with Gasteiger partial charge >= 0.3 is 0 Å². The van der Waals surface area contributed by atoms with Crippen molar-refractivity contribution in [2.75, 3.05) is 13.7 Å². The van der Waals surface area contributed by atoms with Crippen LogP contribution in [0.15, 0.2) is 52.9 Å². The van der Waals surface area contributed by atoms with Crippen LogP contribution in [0.4, 0.5) is 0 Å². The molecular formula is C18H20ClNO2. The molecule has 0 atom stereocenters. The summed E-state index contributed by atoms with van der Waals surface area (Å²) in [5, 5.41) is 1.21. The fourth-order valence-corrected chi connectivity index (χ4v) is 2.71. The smallest absolute Gasteiger partial charge is 0.134 e. The van der Waals surface area contributed by atoms with E-state index in [1.807, 2.05) is 24.3 Å². The molecule has 1 heterocycles. The number of rotatable bonds is 5. The molecule has 0 fully saturated rings. The van der Waals surface area contributed by atoms with Crippen LogP contribution in [0.5, 0.6) is 5.75 Å². The van der Waals surface area contributed by atoms with Crippen LogP contribution >= 0.6 is 0 Å². The first kappa shape index (κ1) is 16.4. The largest absolute Gasteiger partial charge is 1.00 e. The van der Waals surface area contributed by atoms with Crippen molar-refractivity contribution in [1.29, 1.82) is 0 Å². The third kappa shape index (κ3) is 3.26. The molecule has 0 saturated heterocycles. The zero-order valence-electron chi connectivity index (χ0n) is 12.6. The Morgan fingerprint density at radius 3 is 2.68 bits per heavy atom. The van der Waals surface area contributed by atoms with Gasteiger partial charge in [-0.2, -0.15) is 0 Å². The summed E-state index contributed by atoms with van der Waals surface area (Å²) in [6.07, 6.45) is 1.72. The molecule has 0 aliphatic rings. The van der Waals surface area contributed by atoms with E-state index < -0.39 is 0 Å². The molecule has 3 nitrogen and oxygen atoms in total. The molecule has 0 unspecified atom stereocenters. The van der Waals surface area contributed by atoms with Crippen LogP contribution in [0.1, 0.15) is 16.9 Å². The maximum absolute atomic E-state index is 6.06. The highest BCUT2D eigenvalue weighted by molar-refractivity contribution is 5.82. The van der Waals surface area contributed by atoms with Crippen LogP contribution in [0.2, 0.25) is 0 Å². The van der Waals surface area contributed by atoms with E-state index in [0.717, 1.165) is 36.5 Å². The lowest BCUT2D eigenvalue weighted by Gasteiger charge is -2.04. The summed E-state index contributed by atoms with van der Waals surface area (Å²) in [4.78, 5) is 0. The van der Waals surface area contributed by atoms with E-state index in [9.17, 15) is 0 Å². The molecule has 3 N–H and O–H groups in total. The lowest BCUT2D eigenvalue weighted by atomic mass is 10.0. The highest BCUT2D eigenvalue weighted by atomic mass is 35.5. The van der Waals surface area contributed by atoms with Crippen molar-refractivity contribution in [1.82, 2.24) is 0 Å². The second kappa shape index (κ2) is 7.34. The van der Waals surface area contributed by atoms with Crippen molar-refractivity contribution in [3.05, 3.63) is 65.4 Å². The van der Waals surface area contributed by atoms with Crippen molar-refractivity contribution < 1.29 is 27.3 Å². The number of hydrogen-bond donors (Lipinski definition) is 1. The Hall–Kier alpha value is -1.97. The van der Waals surface area contributed by atoms with E-state index in [4.69, 9.17) is 9.15 Å². The Balaban J connectivity index is 0.00000176. The van der Waals surface area contributed by atoms with Crippen LogP contribution in [0.25, 0.3) is 11.0 Å². The Labute approximate surface area is 136 Å². The first-order valence-electron chi connectivity index (χ1n) is 7.23. The number of benzene rings is 2. The molecule has 0 amide bonds. The molecular weight excluding hydrogens is 298 g/mol. The number of methoxy groups -OCH3 is 1. The molecule has 1 aromatic heterocycles. The zero-order chi connectivity index (χ0) is 14.7. The van der Waals surface area contributed by atoms with E-state index in [1.54, 1.807) is 7.11 Å². The van der Waals surface area contributed by atoms with Crippen molar-refractivity contribution in [3.8, 4) is 5.75 Å². The molecule has 0 aliphatic heterocycles. The normalized spacial score (nSPS) is 10.5. The molecule has 116 valence electrons. The zero-order valence-corrected chi connectivity index (χ0v) is 13.4. The van der Waals surface area contributed by atoms with Crippen LogP contribution in [0, 0.1) is 0 Å². The molecule has 0 aliphatic carbocycles. The van der Waals surface area contributed by atoms with Gasteiger partial charge in [0.2, 0.25) is 0 Å². The summed E-state index contributed by atoms with van der Waals surface area (Å²) in [6, 6.07) is 16.3. The lowest BCUT2D eigenvalue weighted by Crippen LogP contribution is -3.00. The van der Waals surface area contributed by atoms with Gasteiger partial charge in [0.1, 0.15) is 17.1 Å². The highest BCUT2D eigenvalue weighted by Gasteiger charge is 2.14. The Morgan fingerprint density at radius 2 is 1.91 bits per heavy atom. The second-order valence-electron chi connectivity index (χ2n) is 5.13. The summed E-state index contributed by atoms with van der Waals surface area (Å²) in [7, 11) is 1.69. The van der Waals surface area contributed by atoms with Crippen molar-refractivity contribution in [2.45, 2.75) is 12.8 Å². The summed E-state index contributed by atoms with van der Waals surface area (Å²) in [6.45, 7) is 0.870. The first-order valence-corrected chi connectivity index (χ1v) is 7.23. The number of halogens is 1. The third-order valence-electron chi connectivity index (χ3n) is 3.71. The predicted octanol–water partition coefficient (Wildman–Crippen LogP) is -0.179. The van der Waals surface area contributed by atoms with Gasteiger partial charge in [0.15, 0.2) is 0 Å². The van der Waals surface area contributed by atoms with Gasteiger partial charge in [0.25, 0.3) is 0 Å². The second-order valence-corrected chi connectivity index (χ2v) is 5.13. The summed E-state index contributed by atoms with van der Waals surface area (Å²) in [5.41, 5.74) is 7.41. The molecule has 4 heteroatoms. The Morgan fingerprint density at radius 1 is 1.09 bits per heavy atom. The van der Waals surface area contributed by atoms with Crippen LogP contribution in [-0.2, 0) is 12.8 Å². The van der Waals surface area contributed by atoms with E-state index in [0.29, 0.717) is 0 Å². The maximum Gasteiger partial charge on any atom is 0.134 e. The van der Waals surface area contributed by atoms with Crippen LogP contribution in [0.3, 0.4) is 0 Å². The van der Waals surface area contributed by atoms with Gasteiger partial charge in [0.05, 0.1) is 13.7 Å². The predicted molar refractivity (Wildman–Crippen MR) is 83.5 cm³/mol. The fraction of sp³-hybridized carbons (Fsp3) is 0.222. The number of fused-ring (bicyclic) bond motifs is 1. The molecule has 0 saturated carbocycles. The molecule has 2 aromatic carbocycles. The van der Waals surface area contributed by atoms with Crippen LogP contribution < -0.4 is 22.9 Å². The molecule has 3 rings (SSSR count). The number of quaternary nitrogens is 1. The summed E-state index contributed by atoms with van der Waals surface area (Å²) < 4.78 is 11.3. The molecule has 0 spiro atoms. The molecule has 0 bridgehead atoms. The van der Waals surface area contributed by atoms with Gasteiger partial charge < -0.3 is 27.3 Å². The maximum atomic E-state index is 6.06. The minimum absolute atomic E-state index is 0. The lowest BCUT2D eigenvalue weighted by molar-refractivity contribution is -0.366. The first-order chi connectivity index (χ1) is 10.3. The highest BCUT2D eigenvalue weighted by Crippen LogP contribution is 2.28. The summed E-state index contributed by atoms with van der Waals surface area (Å²) >= 11 is 0. The minimum atomic E-state index is 0. The average molecular weight is 318 g/mol. The van der Waals surface area contributed by atoms with Gasteiger partial charge in [-0.3, -0.25) is 0 Å². The van der Waals surface area contributed by atoms with E-state index >= 15 is 0 Å². The van der Waals surface area contributed by atoms with E-state index in [-0.39, 0.29) is 12.4 Å². The molecule has 0 radical (unpaired) electrons. The van der Waals surface area contributed by atoms with Crippen molar-refractivity contribution in [3.63, 3.8) is 0 Å². The quantitative estimate of drug-likeness (QED) is 0.710.